The summed E-state index contributed by atoms with van der Waals surface area (Å²) in [5, 5.41) is 21.3. The molecule has 0 aliphatic rings. The van der Waals surface area contributed by atoms with Crippen LogP contribution in [-0.2, 0) is 0 Å². The summed E-state index contributed by atoms with van der Waals surface area (Å²) in [6, 6.07) is 11.1. The van der Waals surface area contributed by atoms with Crippen molar-refractivity contribution in [1.82, 2.24) is 14.9 Å². The third-order valence-electron chi connectivity index (χ3n) is 3.36. The molecule has 0 radical (unpaired) electrons. The molecular weight excluding hydrogens is 472 g/mol. The van der Waals surface area contributed by atoms with Gasteiger partial charge in [0.1, 0.15) is 0 Å². The van der Waals surface area contributed by atoms with Gasteiger partial charge < -0.3 is 9.84 Å². The van der Waals surface area contributed by atoms with Gasteiger partial charge in [-0.25, -0.2) is 5.10 Å². The van der Waals surface area contributed by atoms with E-state index in [1.54, 1.807) is 18.3 Å². The highest BCUT2D eigenvalue weighted by Crippen LogP contribution is 2.34. The van der Waals surface area contributed by atoms with Crippen LogP contribution in [0.3, 0.4) is 0 Å². The van der Waals surface area contributed by atoms with Crippen molar-refractivity contribution in [3.8, 4) is 22.9 Å². The van der Waals surface area contributed by atoms with Gasteiger partial charge in [-0.2, -0.15) is 14.9 Å². The predicted octanol–water partition coefficient (Wildman–Crippen LogP) is 4.73. The number of halogens is 2. The Labute approximate surface area is 165 Å². The van der Waals surface area contributed by atoms with E-state index in [4.69, 9.17) is 17.0 Å². The van der Waals surface area contributed by atoms with Crippen molar-refractivity contribution >= 4 is 50.3 Å². The first-order valence-electron chi connectivity index (χ1n) is 7.04. The average Bonchev–Trinajstić information content (AvgIpc) is 2.96. The largest absolute Gasteiger partial charge is 0.503 e. The van der Waals surface area contributed by atoms with Crippen molar-refractivity contribution in [1.29, 1.82) is 0 Å². The highest BCUT2D eigenvalue weighted by molar-refractivity contribution is 9.11. The fourth-order valence-electron chi connectivity index (χ4n) is 2.16. The molecule has 0 spiro atoms. The molecule has 128 valence electrons. The van der Waals surface area contributed by atoms with Gasteiger partial charge >= 0.3 is 0 Å². The van der Waals surface area contributed by atoms with Crippen LogP contribution in [0.25, 0.3) is 11.4 Å². The van der Waals surface area contributed by atoms with Crippen LogP contribution in [0.2, 0.25) is 0 Å². The minimum Gasteiger partial charge on any atom is -0.503 e. The SMILES string of the molecule is COc1cc(/C=N/n2c(-c3ccccc3Br)n[nH]c2=S)cc(Br)c1O. The number of nitrogens with zero attached hydrogens (tertiary/aromatic N) is 3. The Morgan fingerprint density at radius 3 is 2.76 bits per heavy atom. The number of aromatic hydroxyl groups is 1. The predicted molar refractivity (Wildman–Crippen MR) is 106 cm³/mol. The summed E-state index contributed by atoms with van der Waals surface area (Å²) in [5.74, 6) is 0.963. The summed E-state index contributed by atoms with van der Waals surface area (Å²) in [6.07, 6.45) is 1.61. The van der Waals surface area contributed by atoms with E-state index in [-0.39, 0.29) is 5.75 Å². The van der Waals surface area contributed by atoms with Crippen LogP contribution in [0, 0.1) is 4.77 Å². The number of H-pyrrole nitrogens is 1. The summed E-state index contributed by atoms with van der Waals surface area (Å²) < 4.78 is 8.43. The molecule has 1 heterocycles. The molecule has 0 saturated heterocycles. The van der Waals surface area contributed by atoms with Gasteiger partial charge in [-0.3, -0.25) is 0 Å². The van der Waals surface area contributed by atoms with Crippen molar-refractivity contribution < 1.29 is 9.84 Å². The molecular formula is C16H12Br2N4O2S. The first kappa shape index (κ1) is 17.8. The maximum Gasteiger partial charge on any atom is 0.216 e. The van der Waals surface area contributed by atoms with Crippen LogP contribution in [-0.4, -0.2) is 33.3 Å². The van der Waals surface area contributed by atoms with Gasteiger partial charge in [0.15, 0.2) is 17.3 Å². The standard InChI is InChI=1S/C16H12Br2N4O2S/c1-24-13-7-9(6-12(18)14(13)23)8-19-22-15(20-21-16(22)25)10-4-2-3-5-11(10)17/h2-8,23H,1H3,(H,21,25)/b19-8+. The zero-order chi connectivity index (χ0) is 18.0. The Bertz CT molecular complexity index is 1010. The van der Waals surface area contributed by atoms with Gasteiger partial charge in [0.2, 0.25) is 4.77 Å². The minimum absolute atomic E-state index is 0.0356. The van der Waals surface area contributed by atoms with Crippen LogP contribution in [0.5, 0.6) is 11.5 Å². The molecule has 0 bridgehead atoms. The number of aromatic amines is 1. The normalized spacial score (nSPS) is 11.2. The molecule has 9 heteroatoms. The second kappa shape index (κ2) is 7.51. The van der Waals surface area contributed by atoms with E-state index in [1.165, 1.54) is 11.8 Å². The van der Waals surface area contributed by atoms with Gasteiger partial charge in [-0.05, 0) is 58.0 Å². The number of nitrogens with one attached hydrogen (secondary N) is 1. The van der Waals surface area contributed by atoms with Crippen molar-refractivity contribution in [3.05, 3.63) is 55.7 Å². The summed E-state index contributed by atoms with van der Waals surface area (Å²) in [4.78, 5) is 0. The molecule has 0 aliphatic carbocycles. The van der Waals surface area contributed by atoms with Gasteiger partial charge in [0, 0.05) is 10.0 Å². The number of methoxy groups -OCH3 is 1. The minimum atomic E-state index is 0.0356. The number of hydrogen-bond acceptors (Lipinski definition) is 5. The van der Waals surface area contributed by atoms with Crippen molar-refractivity contribution in [3.63, 3.8) is 0 Å². The van der Waals surface area contributed by atoms with E-state index in [0.717, 1.165) is 15.6 Å². The molecule has 0 unspecified atom stereocenters. The zero-order valence-corrected chi connectivity index (χ0v) is 16.9. The van der Waals surface area contributed by atoms with E-state index < -0.39 is 0 Å². The van der Waals surface area contributed by atoms with Gasteiger partial charge in [0.25, 0.3) is 0 Å². The molecule has 2 aromatic carbocycles. The van der Waals surface area contributed by atoms with E-state index in [9.17, 15) is 5.11 Å². The fourth-order valence-corrected chi connectivity index (χ4v) is 3.27. The van der Waals surface area contributed by atoms with Gasteiger partial charge in [-0.15, -0.1) is 0 Å². The lowest BCUT2D eigenvalue weighted by atomic mass is 10.2. The number of rotatable bonds is 4. The molecule has 0 fully saturated rings. The second-order valence-electron chi connectivity index (χ2n) is 4.94. The third kappa shape index (κ3) is 3.68. The highest BCUT2D eigenvalue weighted by atomic mass is 79.9. The number of aromatic nitrogens is 3. The Morgan fingerprint density at radius 2 is 2.04 bits per heavy atom. The van der Waals surface area contributed by atoms with Crippen molar-refractivity contribution in [2.75, 3.05) is 7.11 Å². The number of benzene rings is 2. The van der Waals surface area contributed by atoms with E-state index in [2.05, 4.69) is 47.2 Å². The lowest BCUT2D eigenvalue weighted by molar-refractivity contribution is 0.372. The van der Waals surface area contributed by atoms with Gasteiger partial charge in [-0.1, -0.05) is 28.1 Å². The number of hydrogen-bond donors (Lipinski definition) is 2. The zero-order valence-electron chi connectivity index (χ0n) is 12.9. The van der Waals surface area contributed by atoms with E-state index in [1.807, 2.05) is 24.3 Å². The molecule has 6 nitrogen and oxygen atoms in total. The van der Waals surface area contributed by atoms with Crippen LogP contribution >= 0.6 is 44.1 Å². The maximum absolute atomic E-state index is 9.88. The van der Waals surface area contributed by atoms with Crippen molar-refractivity contribution in [2.24, 2.45) is 5.10 Å². The Balaban J connectivity index is 2.04. The number of phenols is 1. The summed E-state index contributed by atoms with van der Waals surface area (Å²) in [5.41, 5.74) is 1.58. The Morgan fingerprint density at radius 1 is 1.28 bits per heavy atom. The Kier molecular flexibility index (Phi) is 5.36. The molecule has 0 aliphatic heterocycles. The molecule has 0 amide bonds. The molecule has 3 rings (SSSR count). The quantitative estimate of drug-likeness (QED) is 0.415. The maximum atomic E-state index is 9.88. The molecule has 0 atom stereocenters. The lowest BCUT2D eigenvalue weighted by Gasteiger charge is -2.06. The monoisotopic (exact) mass is 482 g/mol. The average molecular weight is 484 g/mol. The van der Waals surface area contributed by atoms with E-state index in [0.29, 0.717) is 20.8 Å². The van der Waals surface area contributed by atoms with E-state index >= 15 is 0 Å². The molecule has 25 heavy (non-hydrogen) atoms. The fraction of sp³-hybridized carbons (Fsp3) is 0.0625. The topological polar surface area (TPSA) is 75.4 Å². The van der Waals surface area contributed by atoms with Crippen molar-refractivity contribution in [2.45, 2.75) is 0 Å². The number of phenolic OH excluding ortho intramolecular Hbond substituents is 1. The molecule has 0 saturated carbocycles. The lowest BCUT2D eigenvalue weighted by Crippen LogP contribution is -1.96. The summed E-state index contributed by atoms with van der Waals surface area (Å²) in [6.45, 7) is 0. The van der Waals surface area contributed by atoms with Crippen LogP contribution in [0.1, 0.15) is 5.56 Å². The first-order valence-corrected chi connectivity index (χ1v) is 9.04. The molecule has 3 aromatic rings. The highest BCUT2D eigenvalue weighted by Gasteiger charge is 2.11. The summed E-state index contributed by atoms with van der Waals surface area (Å²) in [7, 11) is 1.49. The third-order valence-corrected chi connectivity index (χ3v) is 4.92. The smallest absolute Gasteiger partial charge is 0.216 e. The second-order valence-corrected chi connectivity index (χ2v) is 7.04. The summed E-state index contributed by atoms with van der Waals surface area (Å²) >= 11 is 12.1. The van der Waals surface area contributed by atoms with Crippen LogP contribution in [0.15, 0.2) is 50.4 Å². The van der Waals surface area contributed by atoms with Gasteiger partial charge in [0.05, 0.1) is 17.8 Å². The molecule has 2 N–H and O–H groups in total. The van der Waals surface area contributed by atoms with Crippen LogP contribution in [0.4, 0.5) is 0 Å². The molecule has 1 aromatic heterocycles. The number of ether oxygens (including phenoxy) is 1. The van der Waals surface area contributed by atoms with Crippen LogP contribution < -0.4 is 4.74 Å². The Hall–Kier alpha value is -1.97. The first-order chi connectivity index (χ1) is 12.0.